The molecule has 1 aromatic heterocycles. The van der Waals surface area contributed by atoms with Gasteiger partial charge in [0.1, 0.15) is 11.3 Å². The molecule has 3 aromatic rings. The van der Waals surface area contributed by atoms with Gasteiger partial charge in [-0.1, -0.05) is 29.3 Å². The van der Waals surface area contributed by atoms with Gasteiger partial charge in [0.25, 0.3) is 0 Å². The Morgan fingerprint density at radius 2 is 1.75 bits per heavy atom. The number of hydrogen-bond donors (Lipinski definition) is 1. The lowest BCUT2D eigenvalue weighted by Gasteiger charge is -2.05. The predicted octanol–water partition coefficient (Wildman–Crippen LogP) is 4.47. The second-order valence-electron chi connectivity index (χ2n) is 4.29. The highest BCUT2D eigenvalue weighted by Gasteiger charge is 2.11. The van der Waals surface area contributed by atoms with Crippen molar-refractivity contribution in [1.82, 2.24) is 0 Å². The van der Waals surface area contributed by atoms with Gasteiger partial charge in [-0.3, -0.25) is 0 Å². The van der Waals surface area contributed by atoms with Gasteiger partial charge in [0.05, 0.1) is 10.6 Å². The number of rotatable bonds is 1. The van der Waals surface area contributed by atoms with Gasteiger partial charge in [-0.2, -0.15) is 0 Å². The zero-order valence-electron chi connectivity index (χ0n) is 10.1. The van der Waals surface area contributed by atoms with Crippen LogP contribution in [-0.4, -0.2) is 5.11 Å². The van der Waals surface area contributed by atoms with E-state index >= 15 is 0 Å². The number of hydrogen-bond acceptors (Lipinski definition) is 3. The molecule has 0 unspecified atom stereocenters. The Kier molecular flexibility index (Phi) is 3.16. The van der Waals surface area contributed by atoms with Crippen LogP contribution in [0.5, 0.6) is 5.75 Å². The fourth-order valence-corrected chi connectivity index (χ4v) is 2.51. The number of benzene rings is 2. The van der Waals surface area contributed by atoms with Crippen LogP contribution in [0.1, 0.15) is 0 Å². The van der Waals surface area contributed by atoms with Crippen LogP contribution in [-0.2, 0) is 0 Å². The average Bonchev–Trinajstić information content (AvgIpc) is 2.38. The van der Waals surface area contributed by atoms with Crippen LogP contribution in [0.25, 0.3) is 22.1 Å². The predicted molar refractivity (Wildman–Crippen MR) is 79.6 cm³/mol. The summed E-state index contributed by atoms with van der Waals surface area (Å²) in [5.41, 5.74) is 0.709. The van der Waals surface area contributed by atoms with Crippen LogP contribution in [0.4, 0.5) is 0 Å². The van der Waals surface area contributed by atoms with Gasteiger partial charge >= 0.3 is 5.63 Å². The van der Waals surface area contributed by atoms with Gasteiger partial charge < -0.3 is 9.52 Å². The second kappa shape index (κ2) is 4.85. The molecule has 1 heterocycles. The molecule has 2 aromatic carbocycles. The molecule has 0 aliphatic rings. The van der Waals surface area contributed by atoms with Crippen molar-refractivity contribution in [2.75, 3.05) is 0 Å². The lowest BCUT2D eigenvalue weighted by molar-refractivity contribution is 0.473. The van der Waals surface area contributed by atoms with Crippen molar-refractivity contribution >= 4 is 34.2 Å². The number of phenols is 1. The minimum atomic E-state index is -0.521. The van der Waals surface area contributed by atoms with Crippen molar-refractivity contribution in [2.45, 2.75) is 0 Å². The third-order valence-electron chi connectivity index (χ3n) is 2.94. The van der Waals surface area contributed by atoms with E-state index in [9.17, 15) is 9.90 Å². The smallest absolute Gasteiger partial charge is 0.344 e. The Labute approximate surface area is 124 Å². The molecule has 0 radical (unpaired) electrons. The molecule has 20 heavy (non-hydrogen) atoms. The van der Waals surface area contributed by atoms with Crippen LogP contribution in [0.15, 0.2) is 51.7 Å². The van der Waals surface area contributed by atoms with E-state index in [4.69, 9.17) is 27.6 Å². The monoisotopic (exact) mass is 306 g/mol. The first kappa shape index (κ1) is 13.0. The maximum Gasteiger partial charge on any atom is 0.344 e. The summed E-state index contributed by atoms with van der Waals surface area (Å²) in [4.78, 5) is 12.0. The van der Waals surface area contributed by atoms with Crippen molar-refractivity contribution < 1.29 is 9.52 Å². The zero-order valence-corrected chi connectivity index (χ0v) is 11.6. The van der Waals surface area contributed by atoms with Crippen molar-refractivity contribution in [3.05, 3.63) is 62.9 Å². The first-order chi connectivity index (χ1) is 9.54. The van der Waals surface area contributed by atoms with Crippen LogP contribution in [0.3, 0.4) is 0 Å². The maximum absolute atomic E-state index is 12.0. The topological polar surface area (TPSA) is 50.4 Å². The molecular weight excluding hydrogens is 299 g/mol. The molecule has 1 N–H and O–H groups in total. The molecule has 0 atom stereocenters. The highest BCUT2D eigenvalue weighted by atomic mass is 35.5. The first-order valence-corrected chi connectivity index (χ1v) is 6.52. The fourth-order valence-electron chi connectivity index (χ4n) is 2.00. The van der Waals surface area contributed by atoms with Gasteiger partial charge in [0.15, 0.2) is 0 Å². The summed E-state index contributed by atoms with van der Waals surface area (Å²) in [7, 11) is 0. The molecule has 0 spiro atoms. The number of aromatic hydroxyl groups is 1. The quantitative estimate of drug-likeness (QED) is 0.675. The van der Waals surface area contributed by atoms with Crippen LogP contribution in [0.2, 0.25) is 10.0 Å². The van der Waals surface area contributed by atoms with E-state index in [0.717, 1.165) is 0 Å². The second-order valence-corrected chi connectivity index (χ2v) is 5.14. The van der Waals surface area contributed by atoms with E-state index in [1.165, 1.54) is 12.1 Å². The fraction of sp³-hybridized carbons (Fsp3) is 0. The maximum atomic E-state index is 12.0. The molecule has 0 saturated heterocycles. The number of phenolic OH excluding ortho intramolecular Hbond substituents is 1. The molecule has 0 fully saturated rings. The first-order valence-electron chi connectivity index (χ1n) is 5.77. The number of halogens is 2. The van der Waals surface area contributed by atoms with Crippen LogP contribution >= 0.6 is 23.2 Å². The highest BCUT2D eigenvalue weighted by molar-refractivity contribution is 6.36. The normalized spacial score (nSPS) is 10.9. The summed E-state index contributed by atoms with van der Waals surface area (Å²) >= 11 is 12.0. The minimum Gasteiger partial charge on any atom is -0.508 e. The van der Waals surface area contributed by atoms with E-state index in [1.54, 1.807) is 30.3 Å². The Morgan fingerprint density at radius 3 is 2.50 bits per heavy atom. The summed E-state index contributed by atoms with van der Waals surface area (Å²) in [6, 6.07) is 11.2. The molecule has 0 aliphatic carbocycles. The molecule has 100 valence electrons. The van der Waals surface area contributed by atoms with E-state index < -0.39 is 5.63 Å². The Bertz CT molecular complexity index is 869. The molecule has 3 nitrogen and oxygen atoms in total. The summed E-state index contributed by atoms with van der Waals surface area (Å²) in [5.74, 6) is 0.0397. The van der Waals surface area contributed by atoms with Crippen molar-refractivity contribution in [1.29, 1.82) is 0 Å². The molecule has 0 bridgehead atoms. The summed E-state index contributed by atoms with van der Waals surface area (Å²) in [6.45, 7) is 0. The minimum absolute atomic E-state index is 0.0397. The van der Waals surface area contributed by atoms with E-state index in [0.29, 0.717) is 32.1 Å². The summed E-state index contributed by atoms with van der Waals surface area (Å²) in [6.07, 6.45) is 0. The van der Waals surface area contributed by atoms with Gasteiger partial charge in [-0.15, -0.1) is 0 Å². The van der Waals surface area contributed by atoms with Crippen LogP contribution in [0, 0.1) is 0 Å². The van der Waals surface area contributed by atoms with E-state index in [2.05, 4.69) is 0 Å². The Morgan fingerprint density at radius 1 is 0.950 bits per heavy atom. The third kappa shape index (κ3) is 2.26. The molecule has 0 amide bonds. The summed E-state index contributed by atoms with van der Waals surface area (Å²) < 4.78 is 5.21. The largest absolute Gasteiger partial charge is 0.508 e. The standard InChI is InChI=1S/C15H8Cl2O3/c16-9-2-4-11(13(17)6-9)12-5-8-1-3-10(18)7-14(8)20-15(12)19/h1-7,18H. The molecule has 5 heteroatoms. The van der Waals surface area contributed by atoms with Gasteiger partial charge in [0.2, 0.25) is 0 Å². The van der Waals surface area contributed by atoms with Gasteiger partial charge in [-0.05, 0) is 30.3 Å². The van der Waals surface area contributed by atoms with E-state index in [1.807, 2.05) is 0 Å². The van der Waals surface area contributed by atoms with Gasteiger partial charge in [-0.25, -0.2) is 4.79 Å². The van der Waals surface area contributed by atoms with Crippen LogP contribution < -0.4 is 5.63 Å². The third-order valence-corrected chi connectivity index (χ3v) is 3.49. The summed E-state index contributed by atoms with van der Waals surface area (Å²) in [5, 5.41) is 11.0. The van der Waals surface area contributed by atoms with Crippen molar-refractivity contribution in [2.24, 2.45) is 0 Å². The molecule has 3 rings (SSSR count). The van der Waals surface area contributed by atoms with Gasteiger partial charge in [0, 0.05) is 22.0 Å². The number of fused-ring (bicyclic) bond motifs is 1. The van der Waals surface area contributed by atoms with Crippen molar-refractivity contribution in [3.63, 3.8) is 0 Å². The Balaban J connectivity index is 2.28. The Hall–Kier alpha value is -1.97. The SMILES string of the molecule is O=c1oc2cc(O)ccc2cc1-c1ccc(Cl)cc1Cl. The highest BCUT2D eigenvalue weighted by Crippen LogP contribution is 2.30. The molecule has 0 aliphatic heterocycles. The van der Waals surface area contributed by atoms with Crippen molar-refractivity contribution in [3.8, 4) is 16.9 Å². The lowest BCUT2D eigenvalue weighted by Crippen LogP contribution is -2.02. The van der Waals surface area contributed by atoms with E-state index in [-0.39, 0.29) is 5.75 Å². The lowest BCUT2D eigenvalue weighted by atomic mass is 10.1. The molecule has 0 saturated carbocycles. The average molecular weight is 307 g/mol. The molecular formula is C15H8Cl2O3. The zero-order chi connectivity index (χ0) is 14.3.